The lowest BCUT2D eigenvalue weighted by atomic mass is 10.2. The van der Waals surface area contributed by atoms with Gasteiger partial charge >= 0.3 is 5.69 Å². The molecule has 8 heteroatoms. The Bertz CT molecular complexity index is 711. The van der Waals surface area contributed by atoms with Gasteiger partial charge in [-0.2, -0.15) is 5.10 Å². The van der Waals surface area contributed by atoms with Crippen LogP contribution in [-0.4, -0.2) is 39.8 Å². The first kappa shape index (κ1) is 15.2. The fourth-order valence-electron chi connectivity index (χ4n) is 2.02. The molecule has 2 aromatic heterocycles. The van der Waals surface area contributed by atoms with Crippen LogP contribution in [-0.2, 0) is 23.1 Å². The molecule has 0 aromatic carbocycles. The maximum absolute atomic E-state index is 11.9. The van der Waals surface area contributed by atoms with Crippen LogP contribution >= 0.6 is 0 Å². The van der Waals surface area contributed by atoms with Crippen LogP contribution in [0.3, 0.4) is 0 Å². The summed E-state index contributed by atoms with van der Waals surface area (Å²) in [6.45, 7) is 0.370. The lowest BCUT2D eigenvalue weighted by molar-refractivity contribution is -0.108. The summed E-state index contributed by atoms with van der Waals surface area (Å²) in [4.78, 5) is 26.0. The van der Waals surface area contributed by atoms with Gasteiger partial charge in [-0.05, 0) is 0 Å². The predicted molar refractivity (Wildman–Crippen MR) is 75.9 cm³/mol. The maximum Gasteiger partial charge on any atom is 0.328 e. The molecule has 1 N–H and O–H groups in total. The highest BCUT2D eigenvalue weighted by molar-refractivity contribution is 5.59. The standard InChI is InChI=1S/C13H18N4O4/c1-16-7-9(6-14-16)10-8-17(13(19)15-12(10)18)5-4-11(20-2)21-3/h6-8,11H,4-5H2,1-3H3,(H,15,18,19). The van der Waals surface area contributed by atoms with E-state index in [2.05, 4.69) is 10.1 Å². The number of hydrogen-bond acceptors (Lipinski definition) is 5. The van der Waals surface area contributed by atoms with E-state index in [9.17, 15) is 9.59 Å². The first-order chi connectivity index (χ1) is 10.0. The molecule has 2 rings (SSSR count). The average molecular weight is 294 g/mol. The second kappa shape index (κ2) is 6.51. The summed E-state index contributed by atoms with van der Waals surface area (Å²) in [5, 5.41) is 4.02. The van der Waals surface area contributed by atoms with Crippen molar-refractivity contribution in [2.75, 3.05) is 14.2 Å². The van der Waals surface area contributed by atoms with Gasteiger partial charge in [0, 0.05) is 52.2 Å². The first-order valence-corrected chi connectivity index (χ1v) is 6.43. The summed E-state index contributed by atoms with van der Waals surface area (Å²) in [6, 6.07) is 0. The van der Waals surface area contributed by atoms with Gasteiger partial charge in [-0.3, -0.25) is 19.0 Å². The average Bonchev–Trinajstić information content (AvgIpc) is 2.88. The molecule has 0 amide bonds. The van der Waals surface area contributed by atoms with Crippen LogP contribution in [0.5, 0.6) is 0 Å². The third-order valence-electron chi connectivity index (χ3n) is 3.16. The molecule has 0 aliphatic carbocycles. The molecule has 21 heavy (non-hydrogen) atoms. The van der Waals surface area contributed by atoms with Crippen molar-refractivity contribution in [3.63, 3.8) is 0 Å². The summed E-state index contributed by atoms with van der Waals surface area (Å²) >= 11 is 0. The number of H-pyrrole nitrogens is 1. The van der Waals surface area contributed by atoms with Crippen LogP contribution in [0.15, 0.2) is 28.2 Å². The minimum atomic E-state index is -0.460. The number of rotatable bonds is 6. The maximum atomic E-state index is 11.9. The van der Waals surface area contributed by atoms with E-state index < -0.39 is 17.5 Å². The van der Waals surface area contributed by atoms with Gasteiger partial charge in [0.2, 0.25) is 0 Å². The Morgan fingerprint density at radius 1 is 1.29 bits per heavy atom. The molecule has 0 saturated carbocycles. The van der Waals surface area contributed by atoms with E-state index in [1.165, 1.54) is 25.0 Å². The van der Waals surface area contributed by atoms with Gasteiger partial charge in [-0.1, -0.05) is 0 Å². The van der Waals surface area contributed by atoms with E-state index in [4.69, 9.17) is 9.47 Å². The number of ether oxygens (including phenoxy) is 2. The molecule has 0 radical (unpaired) electrons. The number of aromatic nitrogens is 4. The Morgan fingerprint density at radius 2 is 2.00 bits per heavy atom. The van der Waals surface area contributed by atoms with E-state index in [0.717, 1.165) is 0 Å². The van der Waals surface area contributed by atoms with Crippen LogP contribution < -0.4 is 11.2 Å². The SMILES string of the molecule is COC(CCn1cc(-c2cnn(C)c2)c(=O)[nH]c1=O)OC. The topological polar surface area (TPSA) is 91.1 Å². The fraction of sp³-hybridized carbons (Fsp3) is 0.462. The molecule has 2 heterocycles. The lowest BCUT2D eigenvalue weighted by Gasteiger charge is -2.14. The molecule has 0 fully saturated rings. The largest absolute Gasteiger partial charge is 0.356 e. The van der Waals surface area contributed by atoms with Crippen LogP contribution in [0.4, 0.5) is 0 Å². The Hall–Kier alpha value is -2.19. The van der Waals surface area contributed by atoms with E-state index >= 15 is 0 Å². The molecule has 0 aliphatic rings. The van der Waals surface area contributed by atoms with Crippen molar-refractivity contribution in [1.82, 2.24) is 19.3 Å². The van der Waals surface area contributed by atoms with Crippen molar-refractivity contribution in [3.8, 4) is 11.1 Å². The first-order valence-electron chi connectivity index (χ1n) is 6.43. The number of aryl methyl sites for hydroxylation is 2. The van der Waals surface area contributed by atoms with E-state index in [-0.39, 0.29) is 0 Å². The molecule has 2 aromatic rings. The molecule has 0 spiro atoms. The summed E-state index contributed by atoms with van der Waals surface area (Å²) in [5.74, 6) is 0. The van der Waals surface area contributed by atoms with Gasteiger partial charge in [0.1, 0.15) is 0 Å². The third kappa shape index (κ3) is 3.47. The van der Waals surface area contributed by atoms with Crippen LogP contribution in [0, 0.1) is 0 Å². The summed E-state index contributed by atoms with van der Waals surface area (Å²) in [5.41, 5.74) is 0.162. The highest BCUT2D eigenvalue weighted by Crippen LogP contribution is 2.12. The van der Waals surface area contributed by atoms with Crippen molar-refractivity contribution >= 4 is 0 Å². The van der Waals surface area contributed by atoms with Gasteiger partial charge in [0.15, 0.2) is 6.29 Å². The Balaban J connectivity index is 2.31. The smallest absolute Gasteiger partial charge is 0.328 e. The number of methoxy groups -OCH3 is 2. The van der Waals surface area contributed by atoms with Gasteiger partial charge < -0.3 is 9.47 Å². The van der Waals surface area contributed by atoms with Crippen LogP contribution in [0.1, 0.15) is 6.42 Å². The normalized spacial score (nSPS) is 11.2. The zero-order valence-corrected chi connectivity index (χ0v) is 12.2. The summed E-state index contributed by atoms with van der Waals surface area (Å²) in [6.07, 6.45) is 4.91. The zero-order chi connectivity index (χ0) is 15.4. The minimum Gasteiger partial charge on any atom is -0.356 e. The number of hydrogen-bond donors (Lipinski definition) is 1. The van der Waals surface area contributed by atoms with Crippen LogP contribution in [0.2, 0.25) is 0 Å². The second-order valence-corrected chi connectivity index (χ2v) is 4.59. The Labute approximate surface area is 120 Å². The van der Waals surface area contributed by atoms with Gasteiger partial charge in [-0.15, -0.1) is 0 Å². The number of nitrogens with zero attached hydrogens (tertiary/aromatic N) is 3. The van der Waals surface area contributed by atoms with Crippen molar-refractivity contribution in [2.45, 2.75) is 19.3 Å². The van der Waals surface area contributed by atoms with Crippen molar-refractivity contribution < 1.29 is 9.47 Å². The van der Waals surface area contributed by atoms with Crippen molar-refractivity contribution in [2.24, 2.45) is 7.05 Å². The monoisotopic (exact) mass is 294 g/mol. The molecular weight excluding hydrogens is 276 g/mol. The number of nitrogens with one attached hydrogen (secondary N) is 1. The molecule has 0 saturated heterocycles. The highest BCUT2D eigenvalue weighted by atomic mass is 16.7. The number of aromatic amines is 1. The van der Waals surface area contributed by atoms with Crippen molar-refractivity contribution in [3.05, 3.63) is 39.4 Å². The van der Waals surface area contributed by atoms with E-state index in [1.54, 1.807) is 24.1 Å². The van der Waals surface area contributed by atoms with Crippen LogP contribution in [0.25, 0.3) is 11.1 Å². The molecule has 0 unspecified atom stereocenters. The molecule has 0 atom stereocenters. The predicted octanol–water partition coefficient (Wildman–Crippen LogP) is -0.0539. The molecule has 8 nitrogen and oxygen atoms in total. The van der Waals surface area contributed by atoms with E-state index in [1.807, 2.05) is 0 Å². The van der Waals surface area contributed by atoms with E-state index in [0.29, 0.717) is 24.1 Å². The summed E-state index contributed by atoms with van der Waals surface area (Å²) < 4.78 is 13.2. The third-order valence-corrected chi connectivity index (χ3v) is 3.16. The van der Waals surface area contributed by atoms with Gasteiger partial charge in [0.05, 0.1) is 11.8 Å². The van der Waals surface area contributed by atoms with Gasteiger partial charge in [0.25, 0.3) is 5.56 Å². The molecule has 114 valence electrons. The molecular formula is C13H18N4O4. The Morgan fingerprint density at radius 3 is 2.57 bits per heavy atom. The minimum absolute atomic E-state index is 0.370. The summed E-state index contributed by atoms with van der Waals surface area (Å²) in [7, 11) is 4.82. The molecule has 0 bridgehead atoms. The Kier molecular flexibility index (Phi) is 4.71. The van der Waals surface area contributed by atoms with Gasteiger partial charge in [-0.25, -0.2) is 4.79 Å². The van der Waals surface area contributed by atoms with Crippen molar-refractivity contribution in [1.29, 1.82) is 0 Å². The fourth-order valence-corrected chi connectivity index (χ4v) is 2.02. The second-order valence-electron chi connectivity index (χ2n) is 4.59. The highest BCUT2D eigenvalue weighted by Gasteiger charge is 2.11. The molecule has 0 aliphatic heterocycles. The lowest BCUT2D eigenvalue weighted by Crippen LogP contribution is -2.31. The quantitative estimate of drug-likeness (QED) is 0.754. The zero-order valence-electron chi connectivity index (χ0n) is 12.2.